The van der Waals surface area contributed by atoms with Crippen LogP contribution in [0.2, 0.25) is 0 Å². The fourth-order valence-electron chi connectivity index (χ4n) is 2.29. The Hall–Kier alpha value is -2.95. The smallest absolute Gasteiger partial charge is 0.243 e. The number of hydrogen-bond acceptors (Lipinski definition) is 4. The Balaban J connectivity index is 1.83. The molecule has 2 rings (SSSR count). The second kappa shape index (κ2) is 10.9. The van der Waals surface area contributed by atoms with Gasteiger partial charge in [0.1, 0.15) is 18.1 Å². The van der Waals surface area contributed by atoms with Crippen LogP contribution in [0.25, 0.3) is 0 Å². The third kappa shape index (κ3) is 7.44. The first-order valence-electron chi connectivity index (χ1n) is 9.21. The highest BCUT2D eigenvalue weighted by Crippen LogP contribution is 2.24. The molecule has 0 aromatic heterocycles. The number of para-hydroxylation sites is 2. The monoisotopic (exact) mass is 368 g/mol. The molecule has 0 atom stereocenters. The molecule has 2 aromatic carbocycles. The summed E-state index contributed by atoms with van der Waals surface area (Å²) in [5.41, 5.74) is 2.49. The lowest BCUT2D eigenvalue weighted by Crippen LogP contribution is -2.22. The van der Waals surface area contributed by atoms with Crippen LogP contribution in [0.1, 0.15) is 26.7 Å². The molecule has 0 fully saturated rings. The number of carbonyl (C=O) groups excluding carboxylic acids is 1. The van der Waals surface area contributed by atoms with E-state index in [1.54, 1.807) is 0 Å². The first-order chi connectivity index (χ1) is 13.1. The average molecular weight is 368 g/mol. The Labute approximate surface area is 161 Å². The number of carbonyl (C=O) groups is 1. The van der Waals surface area contributed by atoms with Gasteiger partial charge in [-0.1, -0.05) is 32.1 Å². The second-order valence-corrected chi connectivity index (χ2v) is 6.37. The van der Waals surface area contributed by atoms with Crippen LogP contribution in [0.4, 0.5) is 11.4 Å². The molecule has 0 spiro atoms. The van der Waals surface area contributed by atoms with E-state index >= 15 is 0 Å². The summed E-state index contributed by atoms with van der Waals surface area (Å²) in [4.78, 5) is 12.2. The number of anilines is 2. The van der Waals surface area contributed by atoms with Crippen molar-refractivity contribution >= 4 is 17.3 Å². The normalized spacial score (nSPS) is 10.1. The maximum atomic E-state index is 12.2. The third-order valence-electron chi connectivity index (χ3n) is 3.71. The number of amides is 1. The van der Waals surface area contributed by atoms with Crippen molar-refractivity contribution in [1.29, 1.82) is 0 Å². The summed E-state index contributed by atoms with van der Waals surface area (Å²) >= 11 is 0. The molecule has 0 unspecified atom stereocenters. The van der Waals surface area contributed by atoms with Gasteiger partial charge in [0, 0.05) is 5.69 Å². The van der Waals surface area contributed by atoms with Crippen LogP contribution in [0.15, 0.2) is 60.7 Å². The molecule has 0 aliphatic heterocycles. The molecule has 0 saturated heterocycles. The maximum absolute atomic E-state index is 12.2. The Kier molecular flexibility index (Phi) is 8.23. The molecule has 27 heavy (non-hydrogen) atoms. The summed E-state index contributed by atoms with van der Waals surface area (Å²) in [6.07, 6.45) is 2.08. The summed E-state index contributed by atoms with van der Waals surface area (Å²) in [5.74, 6) is 1.37. The molecule has 5 heteroatoms. The maximum Gasteiger partial charge on any atom is 0.243 e. The molecule has 5 nitrogen and oxygen atoms in total. The van der Waals surface area contributed by atoms with Gasteiger partial charge in [-0.2, -0.15) is 0 Å². The Morgan fingerprint density at radius 3 is 2.52 bits per heavy atom. The number of hydrogen-bond donors (Lipinski definition) is 2. The van der Waals surface area contributed by atoms with Crippen LogP contribution in [0, 0.1) is 0 Å². The number of ether oxygens (including phenoxy) is 2. The minimum atomic E-state index is -0.131. The molecule has 0 aliphatic carbocycles. The van der Waals surface area contributed by atoms with E-state index in [-0.39, 0.29) is 12.5 Å². The standard InChI is InChI=1S/C22H28N2O3/c1-4-5-14-26-21-9-7-6-8-20(21)23-15-22(25)24-18-10-12-19(13-11-18)27-16-17(2)3/h6-13,23H,2,4-5,14-16H2,1,3H3,(H,24,25). The van der Waals surface area contributed by atoms with Crippen molar-refractivity contribution in [3.05, 3.63) is 60.7 Å². The fourth-order valence-corrected chi connectivity index (χ4v) is 2.29. The number of nitrogens with one attached hydrogen (secondary N) is 2. The zero-order valence-electron chi connectivity index (χ0n) is 16.1. The predicted octanol–water partition coefficient (Wildman–Crippen LogP) is 4.87. The minimum absolute atomic E-state index is 0.131. The van der Waals surface area contributed by atoms with Crippen molar-refractivity contribution in [2.45, 2.75) is 26.7 Å². The van der Waals surface area contributed by atoms with Gasteiger partial charge in [0.15, 0.2) is 0 Å². The van der Waals surface area contributed by atoms with E-state index in [0.717, 1.165) is 41.3 Å². The van der Waals surface area contributed by atoms with Crippen LogP contribution >= 0.6 is 0 Å². The summed E-state index contributed by atoms with van der Waals surface area (Å²) < 4.78 is 11.3. The molecule has 0 heterocycles. The van der Waals surface area contributed by atoms with Gasteiger partial charge in [0.25, 0.3) is 0 Å². The third-order valence-corrected chi connectivity index (χ3v) is 3.71. The van der Waals surface area contributed by atoms with Crippen LogP contribution in [-0.2, 0) is 4.79 Å². The lowest BCUT2D eigenvalue weighted by molar-refractivity contribution is -0.114. The minimum Gasteiger partial charge on any atom is -0.491 e. The molecule has 144 valence electrons. The van der Waals surface area contributed by atoms with Gasteiger partial charge >= 0.3 is 0 Å². The van der Waals surface area contributed by atoms with Crippen molar-refractivity contribution in [3.8, 4) is 11.5 Å². The lowest BCUT2D eigenvalue weighted by Gasteiger charge is -2.13. The van der Waals surface area contributed by atoms with E-state index in [9.17, 15) is 4.79 Å². The Morgan fingerprint density at radius 1 is 1.07 bits per heavy atom. The van der Waals surface area contributed by atoms with Crippen molar-refractivity contribution in [2.75, 3.05) is 30.4 Å². The quantitative estimate of drug-likeness (QED) is 0.439. The molecule has 2 N–H and O–H groups in total. The molecule has 0 bridgehead atoms. The van der Waals surface area contributed by atoms with Crippen LogP contribution < -0.4 is 20.1 Å². The summed E-state index contributed by atoms with van der Waals surface area (Å²) in [6.45, 7) is 9.14. The number of unbranched alkanes of at least 4 members (excludes halogenated alkanes) is 1. The molecule has 1 amide bonds. The molecule has 0 saturated carbocycles. The fraction of sp³-hybridized carbons (Fsp3) is 0.318. The lowest BCUT2D eigenvalue weighted by atomic mass is 10.2. The van der Waals surface area contributed by atoms with E-state index in [0.29, 0.717) is 13.2 Å². The molecular weight excluding hydrogens is 340 g/mol. The van der Waals surface area contributed by atoms with Crippen LogP contribution in [0.5, 0.6) is 11.5 Å². The van der Waals surface area contributed by atoms with E-state index < -0.39 is 0 Å². The van der Waals surface area contributed by atoms with Gasteiger partial charge in [-0.05, 0) is 55.3 Å². The van der Waals surface area contributed by atoms with Gasteiger partial charge in [-0.25, -0.2) is 0 Å². The summed E-state index contributed by atoms with van der Waals surface area (Å²) in [6, 6.07) is 14.9. The molecule has 0 aliphatic rings. The highest BCUT2D eigenvalue weighted by atomic mass is 16.5. The Morgan fingerprint density at radius 2 is 1.81 bits per heavy atom. The molecule has 2 aromatic rings. The van der Waals surface area contributed by atoms with E-state index in [2.05, 4.69) is 24.1 Å². The topological polar surface area (TPSA) is 59.6 Å². The van der Waals surface area contributed by atoms with Crippen molar-refractivity contribution in [3.63, 3.8) is 0 Å². The van der Waals surface area contributed by atoms with E-state index in [4.69, 9.17) is 9.47 Å². The predicted molar refractivity (Wildman–Crippen MR) is 111 cm³/mol. The van der Waals surface area contributed by atoms with Gasteiger partial charge < -0.3 is 20.1 Å². The largest absolute Gasteiger partial charge is 0.491 e. The van der Waals surface area contributed by atoms with Gasteiger partial charge in [-0.3, -0.25) is 4.79 Å². The summed E-state index contributed by atoms with van der Waals surface area (Å²) in [7, 11) is 0. The highest BCUT2D eigenvalue weighted by molar-refractivity contribution is 5.94. The highest BCUT2D eigenvalue weighted by Gasteiger charge is 2.06. The van der Waals surface area contributed by atoms with Crippen molar-refractivity contribution < 1.29 is 14.3 Å². The van der Waals surface area contributed by atoms with Crippen LogP contribution in [0.3, 0.4) is 0 Å². The molecule has 0 radical (unpaired) electrons. The average Bonchev–Trinajstić information content (AvgIpc) is 2.67. The number of benzene rings is 2. The first-order valence-corrected chi connectivity index (χ1v) is 9.21. The molecular formula is C22H28N2O3. The van der Waals surface area contributed by atoms with Crippen molar-refractivity contribution in [2.24, 2.45) is 0 Å². The van der Waals surface area contributed by atoms with Crippen LogP contribution in [-0.4, -0.2) is 25.7 Å². The zero-order chi connectivity index (χ0) is 19.5. The number of rotatable bonds is 11. The Bertz CT molecular complexity index is 741. The van der Waals surface area contributed by atoms with Gasteiger partial charge in [0.2, 0.25) is 5.91 Å². The van der Waals surface area contributed by atoms with Crippen molar-refractivity contribution in [1.82, 2.24) is 0 Å². The SMILES string of the molecule is C=C(C)COc1ccc(NC(=O)CNc2ccccc2OCCCC)cc1. The van der Waals surface area contributed by atoms with E-state index in [1.807, 2.05) is 55.5 Å². The van der Waals surface area contributed by atoms with Gasteiger partial charge in [0.05, 0.1) is 18.8 Å². The van der Waals surface area contributed by atoms with Gasteiger partial charge in [-0.15, -0.1) is 0 Å². The first kappa shape index (κ1) is 20.4. The second-order valence-electron chi connectivity index (χ2n) is 6.37. The van der Waals surface area contributed by atoms with E-state index in [1.165, 1.54) is 0 Å². The zero-order valence-corrected chi connectivity index (χ0v) is 16.1. The summed E-state index contributed by atoms with van der Waals surface area (Å²) in [5, 5.41) is 5.99.